The van der Waals surface area contributed by atoms with E-state index in [1.54, 1.807) is 0 Å². The highest BCUT2D eigenvalue weighted by Gasteiger charge is 2.18. The molecule has 0 spiro atoms. The van der Waals surface area contributed by atoms with Gasteiger partial charge in [-0.15, -0.1) is 0 Å². The van der Waals surface area contributed by atoms with Crippen LogP contribution >= 0.6 is 0 Å². The monoisotopic (exact) mass is 232 g/mol. The highest BCUT2D eigenvalue weighted by atomic mass is 16.5. The summed E-state index contributed by atoms with van der Waals surface area (Å²) in [6.07, 6.45) is 3.59. The number of ether oxygens (including phenoxy) is 1. The van der Waals surface area contributed by atoms with Gasteiger partial charge in [0.1, 0.15) is 5.75 Å². The number of piperazine rings is 1. The lowest BCUT2D eigenvalue weighted by molar-refractivity contribution is 0.316. The fourth-order valence-corrected chi connectivity index (χ4v) is 2.68. The third-order valence-corrected chi connectivity index (χ3v) is 3.62. The van der Waals surface area contributed by atoms with E-state index in [2.05, 4.69) is 28.4 Å². The normalized spacial score (nSPS) is 20.4. The first kappa shape index (κ1) is 10.9. The smallest absolute Gasteiger partial charge is 0.145 e. The van der Waals surface area contributed by atoms with Gasteiger partial charge in [-0.05, 0) is 30.9 Å². The molecule has 0 amide bonds. The standard InChI is InChI=1S/C14H20N2O/c1-2-11-17-14-12(4-1)5-3-6-13(14)16-9-7-15-8-10-16/h3,5-6,15H,1-2,4,7-11H2. The first-order valence-electron chi connectivity index (χ1n) is 6.65. The molecule has 0 aromatic heterocycles. The molecule has 3 nitrogen and oxygen atoms in total. The second-order valence-electron chi connectivity index (χ2n) is 4.81. The number of nitrogens with zero attached hydrogens (tertiary/aromatic N) is 1. The molecule has 1 aromatic carbocycles. The fraction of sp³-hybridized carbons (Fsp3) is 0.571. The number of hydrogen-bond acceptors (Lipinski definition) is 3. The molecule has 1 saturated heterocycles. The van der Waals surface area contributed by atoms with Crippen LogP contribution < -0.4 is 15.0 Å². The van der Waals surface area contributed by atoms with Crippen molar-refractivity contribution in [3.8, 4) is 5.75 Å². The number of aryl methyl sites for hydroxylation is 1. The summed E-state index contributed by atoms with van der Waals surface area (Å²) in [5.74, 6) is 1.15. The molecule has 92 valence electrons. The molecular weight excluding hydrogens is 212 g/mol. The van der Waals surface area contributed by atoms with E-state index in [1.807, 2.05) is 0 Å². The third kappa shape index (κ3) is 2.25. The van der Waals surface area contributed by atoms with Gasteiger partial charge in [0.25, 0.3) is 0 Å². The van der Waals surface area contributed by atoms with Crippen LogP contribution in [0.2, 0.25) is 0 Å². The molecule has 3 heteroatoms. The van der Waals surface area contributed by atoms with E-state index >= 15 is 0 Å². The molecule has 1 aromatic rings. The Hall–Kier alpha value is -1.22. The summed E-state index contributed by atoms with van der Waals surface area (Å²) in [5, 5.41) is 3.39. The van der Waals surface area contributed by atoms with E-state index in [-0.39, 0.29) is 0 Å². The minimum absolute atomic E-state index is 0.871. The van der Waals surface area contributed by atoms with E-state index in [1.165, 1.54) is 24.1 Å². The van der Waals surface area contributed by atoms with Crippen molar-refractivity contribution in [3.05, 3.63) is 23.8 Å². The molecule has 1 fully saturated rings. The van der Waals surface area contributed by atoms with Gasteiger partial charge in [-0.3, -0.25) is 0 Å². The minimum Gasteiger partial charge on any atom is -0.491 e. The van der Waals surface area contributed by atoms with Crippen molar-refractivity contribution < 1.29 is 4.74 Å². The molecule has 0 atom stereocenters. The number of fused-ring (bicyclic) bond motifs is 1. The number of anilines is 1. The minimum atomic E-state index is 0.871. The van der Waals surface area contributed by atoms with Gasteiger partial charge in [0, 0.05) is 26.2 Å². The Morgan fingerprint density at radius 1 is 1.12 bits per heavy atom. The van der Waals surface area contributed by atoms with Gasteiger partial charge in [0.05, 0.1) is 12.3 Å². The summed E-state index contributed by atoms with van der Waals surface area (Å²) in [7, 11) is 0. The van der Waals surface area contributed by atoms with Gasteiger partial charge in [0.2, 0.25) is 0 Å². The Bertz CT molecular complexity index is 386. The van der Waals surface area contributed by atoms with E-state index < -0.39 is 0 Å². The predicted octanol–water partition coefficient (Wildman–Crippen LogP) is 1.81. The largest absolute Gasteiger partial charge is 0.491 e. The van der Waals surface area contributed by atoms with Crippen molar-refractivity contribution in [2.24, 2.45) is 0 Å². The van der Waals surface area contributed by atoms with Crippen LogP contribution in [0.1, 0.15) is 18.4 Å². The van der Waals surface area contributed by atoms with Crippen LogP contribution in [0.4, 0.5) is 5.69 Å². The van der Waals surface area contributed by atoms with Gasteiger partial charge in [-0.2, -0.15) is 0 Å². The lowest BCUT2D eigenvalue weighted by Crippen LogP contribution is -2.43. The maximum absolute atomic E-state index is 5.97. The molecule has 1 N–H and O–H groups in total. The average molecular weight is 232 g/mol. The molecule has 0 unspecified atom stereocenters. The number of para-hydroxylation sites is 1. The van der Waals surface area contributed by atoms with Crippen molar-refractivity contribution in [1.29, 1.82) is 0 Å². The maximum Gasteiger partial charge on any atom is 0.145 e. The molecule has 0 aliphatic carbocycles. The summed E-state index contributed by atoms with van der Waals surface area (Å²) in [4.78, 5) is 2.45. The molecule has 0 bridgehead atoms. The summed E-state index contributed by atoms with van der Waals surface area (Å²) in [6, 6.07) is 6.59. The zero-order valence-corrected chi connectivity index (χ0v) is 10.2. The van der Waals surface area contributed by atoms with Gasteiger partial charge in [-0.25, -0.2) is 0 Å². The predicted molar refractivity (Wildman–Crippen MR) is 70.0 cm³/mol. The quantitative estimate of drug-likeness (QED) is 0.799. The van der Waals surface area contributed by atoms with Crippen LogP contribution in [0, 0.1) is 0 Å². The molecule has 2 heterocycles. The molecule has 2 aliphatic rings. The van der Waals surface area contributed by atoms with Crippen LogP contribution in [0.3, 0.4) is 0 Å². The number of hydrogen-bond donors (Lipinski definition) is 1. The zero-order chi connectivity index (χ0) is 11.5. The Kier molecular flexibility index (Phi) is 3.18. The molecule has 17 heavy (non-hydrogen) atoms. The van der Waals surface area contributed by atoms with E-state index in [9.17, 15) is 0 Å². The highest BCUT2D eigenvalue weighted by Crippen LogP contribution is 2.35. The zero-order valence-electron chi connectivity index (χ0n) is 10.2. The van der Waals surface area contributed by atoms with E-state index in [0.29, 0.717) is 0 Å². The third-order valence-electron chi connectivity index (χ3n) is 3.62. The Morgan fingerprint density at radius 3 is 2.88 bits per heavy atom. The van der Waals surface area contributed by atoms with Crippen molar-refractivity contribution in [2.45, 2.75) is 19.3 Å². The second-order valence-corrected chi connectivity index (χ2v) is 4.81. The van der Waals surface area contributed by atoms with Crippen LogP contribution in [0.5, 0.6) is 5.75 Å². The Labute approximate surface area is 103 Å². The number of rotatable bonds is 1. The summed E-state index contributed by atoms with van der Waals surface area (Å²) in [6.45, 7) is 5.18. The van der Waals surface area contributed by atoms with Crippen molar-refractivity contribution in [2.75, 3.05) is 37.7 Å². The van der Waals surface area contributed by atoms with Crippen molar-refractivity contribution in [1.82, 2.24) is 5.32 Å². The van der Waals surface area contributed by atoms with Gasteiger partial charge in [0.15, 0.2) is 0 Å². The van der Waals surface area contributed by atoms with Crippen molar-refractivity contribution in [3.63, 3.8) is 0 Å². The average Bonchev–Trinajstić information content (AvgIpc) is 2.64. The SMILES string of the molecule is c1cc2c(c(N3CCNCC3)c1)OCCCC2. The Morgan fingerprint density at radius 2 is 2.00 bits per heavy atom. The van der Waals surface area contributed by atoms with E-state index in [0.717, 1.165) is 45.0 Å². The Balaban J connectivity index is 1.92. The lowest BCUT2D eigenvalue weighted by Gasteiger charge is -2.31. The van der Waals surface area contributed by atoms with Crippen LogP contribution in [0.25, 0.3) is 0 Å². The van der Waals surface area contributed by atoms with Crippen LogP contribution in [0.15, 0.2) is 18.2 Å². The van der Waals surface area contributed by atoms with Crippen LogP contribution in [-0.2, 0) is 6.42 Å². The maximum atomic E-state index is 5.97. The second kappa shape index (κ2) is 4.96. The van der Waals surface area contributed by atoms with E-state index in [4.69, 9.17) is 4.74 Å². The number of nitrogens with one attached hydrogen (secondary N) is 1. The first-order valence-corrected chi connectivity index (χ1v) is 6.65. The molecule has 0 saturated carbocycles. The van der Waals surface area contributed by atoms with Gasteiger partial charge in [-0.1, -0.05) is 12.1 Å². The summed E-state index contributed by atoms with van der Waals surface area (Å²) in [5.41, 5.74) is 2.68. The lowest BCUT2D eigenvalue weighted by atomic mass is 10.1. The fourth-order valence-electron chi connectivity index (χ4n) is 2.68. The molecular formula is C14H20N2O. The molecule has 0 radical (unpaired) electrons. The summed E-state index contributed by atoms with van der Waals surface area (Å²) < 4.78 is 5.97. The first-order chi connectivity index (χ1) is 8.45. The van der Waals surface area contributed by atoms with Gasteiger partial charge < -0.3 is 15.0 Å². The van der Waals surface area contributed by atoms with Gasteiger partial charge >= 0.3 is 0 Å². The number of benzene rings is 1. The molecule has 2 aliphatic heterocycles. The summed E-state index contributed by atoms with van der Waals surface area (Å²) >= 11 is 0. The van der Waals surface area contributed by atoms with Crippen molar-refractivity contribution >= 4 is 5.69 Å². The van der Waals surface area contributed by atoms with Crippen LogP contribution in [-0.4, -0.2) is 32.8 Å². The highest BCUT2D eigenvalue weighted by molar-refractivity contribution is 5.62. The molecule has 3 rings (SSSR count). The topological polar surface area (TPSA) is 24.5 Å².